The molecule has 0 atom stereocenters. The van der Waals surface area contributed by atoms with Gasteiger partial charge in [0.25, 0.3) is 0 Å². The first-order valence-corrected chi connectivity index (χ1v) is 8.44. The predicted molar refractivity (Wildman–Crippen MR) is 91.1 cm³/mol. The van der Waals surface area contributed by atoms with E-state index in [-0.39, 0.29) is 47.6 Å². The number of carbonyl (C=O) groups excluding carboxylic acids is 4. The van der Waals surface area contributed by atoms with Crippen LogP contribution in [0.5, 0.6) is 0 Å². The van der Waals surface area contributed by atoms with Gasteiger partial charge in [-0.2, -0.15) is 20.0 Å². The molecule has 0 unspecified atom stereocenters. The molecule has 2 rings (SSSR count). The fraction of sp³-hybridized carbons (Fsp3) is 0.429. The molecule has 2 aliphatic rings. The minimum Gasteiger partial charge on any atom is -0.461 e. The van der Waals surface area contributed by atoms with Gasteiger partial charge in [-0.3, -0.25) is 0 Å². The molecule has 0 radical (unpaired) electrons. The van der Waals surface area contributed by atoms with Gasteiger partial charge in [0.1, 0.15) is 0 Å². The van der Waals surface area contributed by atoms with Crippen molar-refractivity contribution >= 4 is 58.6 Å². The number of amides is 4. The maximum Gasteiger partial charge on any atom is 0.368 e. The average molecular weight is 366 g/mol. The molecule has 0 N–H and O–H groups in total. The van der Waals surface area contributed by atoms with Crippen LogP contribution in [0.25, 0.3) is 0 Å². The van der Waals surface area contributed by atoms with E-state index in [9.17, 15) is 19.2 Å². The van der Waals surface area contributed by atoms with E-state index in [1.165, 1.54) is 11.8 Å². The summed E-state index contributed by atoms with van der Waals surface area (Å²) in [4.78, 5) is 60.4. The maximum atomic E-state index is 11.7. The Labute approximate surface area is 146 Å². The lowest BCUT2D eigenvalue weighted by molar-refractivity contribution is -0.135. The first kappa shape index (κ1) is 18.6. The highest BCUT2D eigenvalue weighted by Crippen LogP contribution is 2.12. The Bertz CT molecular complexity index is 690. The lowest BCUT2D eigenvalue weighted by Crippen LogP contribution is -2.28. The van der Waals surface area contributed by atoms with Crippen molar-refractivity contribution in [1.29, 1.82) is 0 Å². The Hall–Kier alpha value is -2.69. The number of ether oxygens (including phenoxy) is 2. The van der Waals surface area contributed by atoms with E-state index in [0.29, 0.717) is 0 Å². The van der Waals surface area contributed by atoms with E-state index in [4.69, 9.17) is 9.47 Å². The van der Waals surface area contributed by atoms with Crippen molar-refractivity contribution in [3.05, 3.63) is 0 Å². The molecule has 4 amide bonds. The van der Waals surface area contributed by atoms with E-state index in [2.05, 4.69) is 20.0 Å². The largest absolute Gasteiger partial charge is 0.461 e. The monoisotopic (exact) mass is 366 g/mol. The van der Waals surface area contributed by atoms with Crippen molar-refractivity contribution in [1.82, 2.24) is 0 Å². The SMILES string of the molecule is CCOC(=O)C1=NC(=O)N=C1CSCC1=NC(=O)N=C1C(=O)OCC. The Morgan fingerprint density at radius 2 is 1.20 bits per heavy atom. The minimum atomic E-state index is -0.777. The van der Waals surface area contributed by atoms with Crippen molar-refractivity contribution in [2.45, 2.75) is 13.8 Å². The van der Waals surface area contributed by atoms with Gasteiger partial charge in [-0.05, 0) is 13.8 Å². The van der Waals surface area contributed by atoms with Gasteiger partial charge in [-0.1, -0.05) is 0 Å². The van der Waals surface area contributed by atoms with Crippen LogP contribution in [0.1, 0.15) is 13.8 Å². The summed E-state index contributed by atoms with van der Waals surface area (Å²) >= 11 is 1.19. The lowest BCUT2D eigenvalue weighted by Gasteiger charge is -2.06. The van der Waals surface area contributed by atoms with Crippen molar-refractivity contribution in [2.75, 3.05) is 24.7 Å². The quantitative estimate of drug-likeness (QED) is 0.581. The number of esters is 2. The van der Waals surface area contributed by atoms with Crippen LogP contribution in [-0.4, -0.2) is 71.6 Å². The molecule has 0 fully saturated rings. The van der Waals surface area contributed by atoms with Crippen LogP contribution in [0, 0.1) is 0 Å². The van der Waals surface area contributed by atoms with Crippen molar-refractivity contribution in [2.24, 2.45) is 20.0 Å². The number of carbonyl (C=O) groups is 4. The lowest BCUT2D eigenvalue weighted by atomic mass is 10.2. The van der Waals surface area contributed by atoms with Crippen molar-refractivity contribution in [3.63, 3.8) is 0 Å². The number of hydrogen-bond donors (Lipinski definition) is 0. The van der Waals surface area contributed by atoms with Gasteiger partial charge < -0.3 is 9.47 Å². The van der Waals surface area contributed by atoms with Gasteiger partial charge in [0.05, 0.1) is 24.6 Å². The number of aliphatic imine (C=N–C) groups is 4. The molecule has 25 heavy (non-hydrogen) atoms. The predicted octanol–water partition coefficient (Wildman–Crippen LogP) is 0.877. The zero-order valence-electron chi connectivity index (χ0n) is 13.5. The van der Waals surface area contributed by atoms with E-state index >= 15 is 0 Å². The molecule has 2 heterocycles. The Morgan fingerprint density at radius 3 is 1.56 bits per heavy atom. The maximum absolute atomic E-state index is 11.7. The summed E-state index contributed by atoms with van der Waals surface area (Å²) in [5.74, 6) is -1.16. The van der Waals surface area contributed by atoms with Gasteiger partial charge in [0.15, 0.2) is 11.4 Å². The minimum absolute atomic E-state index is 0.136. The van der Waals surface area contributed by atoms with Crippen LogP contribution in [0.15, 0.2) is 20.0 Å². The first-order chi connectivity index (χ1) is 12.0. The second-order valence-electron chi connectivity index (χ2n) is 4.54. The first-order valence-electron chi connectivity index (χ1n) is 7.29. The van der Waals surface area contributed by atoms with Gasteiger partial charge in [-0.15, -0.1) is 11.8 Å². The molecule has 0 spiro atoms. The van der Waals surface area contributed by atoms with Crippen molar-refractivity contribution < 1.29 is 28.7 Å². The number of nitrogens with zero attached hydrogens (tertiary/aromatic N) is 4. The molecule has 0 saturated heterocycles. The zero-order valence-corrected chi connectivity index (χ0v) is 14.3. The number of urea groups is 2. The molecule has 0 aromatic heterocycles. The summed E-state index contributed by atoms with van der Waals surface area (Å²) in [6.07, 6.45) is 0. The van der Waals surface area contributed by atoms with E-state index in [1.807, 2.05) is 0 Å². The number of thioether (sulfide) groups is 1. The Balaban J connectivity index is 1.96. The highest BCUT2D eigenvalue weighted by atomic mass is 32.2. The smallest absolute Gasteiger partial charge is 0.368 e. The fourth-order valence-corrected chi connectivity index (χ4v) is 2.77. The Kier molecular flexibility index (Phi) is 6.28. The van der Waals surface area contributed by atoms with Crippen LogP contribution in [0.3, 0.4) is 0 Å². The fourth-order valence-electron chi connectivity index (χ4n) is 1.88. The van der Waals surface area contributed by atoms with E-state index < -0.39 is 24.0 Å². The van der Waals surface area contributed by atoms with Crippen LogP contribution >= 0.6 is 11.8 Å². The second-order valence-corrected chi connectivity index (χ2v) is 5.52. The van der Waals surface area contributed by atoms with Gasteiger partial charge >= 0.3 is 24.0 Å². The van der Waals surface area contributed by atoms with Crippen LogP contribution in [-0.2, 0) is 19.1 Å². The zero-order chi connectivity index (χ0) is 18.4. The molecule has 0 saturated carbocycles. The topological polar surface area (TPSA) is 136 Å². The van der Waals surface area contributed by atoms with Crippen LogP contribution in [0.4, 0.5) is 9.59 Å². The normalized spacial score (nSPS) is 16.2. The third-order valence-electron chi connectivity index (χ3n) is 2.84. The molecular formula is C14H14N4O6S. The van der Waals surface area contributed by atoms with Crippen molar-refractivity contribution in [3.8, 4) is 0 Å². The number of rotatable bonds is 8. The summed E-state index contributed by atoms with van der Waals surface area (Å²) in [5.41, 5.74) is 0.0761. The Morgan fingerprint density at radius 1 is 0.800 bits per heavy atom. The number of hydrogen-bond acceptors (Lipinski definition) is 7. The van der Waals surface area contributed by atoms with E-state index in [1.54, 1.807) is 13.8 Å². The standard InChI is InChI=1S/C14H14N4O6S/c1-3-23-11(19)9-7(15-13(21)17-9)5-25-6-8-10(12(20)24-4-2)18-14(22)16-8/h3-6H2,1-2H3. The van der Waals surface area contributed by atoms with E-state index in [0.717, 1.165) is 0 Å². The highest BCUT2D eigenvalue weighted by molar-refractivity contribution is 8.00. The molecule has 11 heteroatoms. The van der Waals surface area contributed by atoms with Crippen LogP contribution < -0.4 is 0 Å². The molecule has 0 aromatic rings. The summed E-state index contributed by atoms with van der Waals surface area (Å²) in [5, 5.41) is 0. The molecule has 10 nitrogen and oxygen atoms in total. The molecule has 0 aliphatic carbocycles. The molecule has 2 aliphatic heterocycles. The van der Waals surface area contributed by atoms with Gasteiger partial charge in [0.2, 0.25) is 0 Å². The highest BCUT2D eigenvalue weighted by Gasteiger charge is 2.29. The molecule has 0 aromatic carbocycles. The summed E-state index contributed by atoms with van der Waals surface area (Å²) in [6.45, 7) is 3.55. The third kappa shape index (κ3) is 4.66. The second kappa shape index (κ2) is 8.42. The molecular weight excluding hydrogens is 352 g/mol. The summed E-state index contributed by atoms with van der Waals surface area (Å²) in [6, 6.07) is -1.55. The average Bonchev–Trinajstić information content (AvgIpc) is 3.11. The van der Waals surface area contributed by atoms with Gasteiger partial charge in [-0.25, -0.2) is 19.2 Å². The summed E-state index contributed by atoms with van der Waals surface area (Å²) in [7, 11) is 0. The van der Waals surface area contributed by atoms with Crippen LogP contribution in [0.2, 0.25) is 0 Å². The molecule has 0 bridgehead atoms. The van der Waals surface area contributed by atoms with Gasteiger partial charge in [0, 0.05) is 11.5 Å². The third-order valence-corrected chi connectivity index (χ3v) is 3.79. The molecule has 132 valence electrons. The summed E-state index contributed by atoms with van der Waals surface area (Å²) < 4.78 is 9.63.